The number of hydrogen-bond acceptors (Lipinski definition) is 5. The summed E-state index contributed by atoms with van der Waals surface area (Å²) in [4.78, 5) is 30.9. The standard InChI is InChI=1S/C34H45N3O2/c1-22-17-23(2)30(34(39)18-22)15-16-33(38)31-19-27(26-9-7-25(8-10-26)21-36(4)5)20-32(24(31)3)37(6)29-13-11-28(35)12-14-29/h7-10,17-20,28-30H,11-16,21,35H2,1-6H3. The van der Waals surface area contributed by atoms with E-state index in [2.05, 4.69) is 80.3 Å². The summed E-state index contributed by atoms with van der Waals surface area (Å²) >= 11 is 0. The Kier molecular flexibility index (Phi) is 9.24. The molecule has 0 radical (unpaired) electrons. The molecule has 0 bridgehead atoms. The molecule has 2 aromatic carbocycles. The van der Waals surface area contributed by atoms with Gasteiger partial charge in [-0.15, -0.1) is 0 Å². The fourth-order valence-corrected chi connectivity index (χ4v) is 6.21. The summed E-state index contributed by atoms with van der Waals surface area (Å²) in [5.74, 6) is 0.00394. The molecule has 0 aliphatic heterocycles. The summed E-state index contributed by atoms with van der Waals surface area (Å²) < 4.78 is 0. The average Bonchev–Trinajstić information content (AvgIpc) is 2.88. The van der Waals surface area contributed by atoms with E-state index >= 15 is 0 Å². The Bertz CT molecular complexity index is 1260. The molecule has 2 N–H and O–H groups in total. The third-order valence-corrected chi connectivity index (χ3v) is 8.51. The van der Waals surface area contributed by atoms with E-state index in [1.165, 1.54) is 5.56 Å². The highest BCUT2D eigenvalue weighted by molar-refractivity contribution is 6.01. The number of ketones is 2. The largest absolute Gasteiger partial charge is 0.371 e. The molecule has 1 saturated carbocycles. The minimum absolute atomic E-state index is 0.103. The van der Waals surface area contributed by atoms with E-state index in [0.29, 0.717) is 24.9 Å². The molecule has 0 spiro atoms. The molecule has 208 valence electrons. The van der Waals surface area contributed by atoms with E-state index in [9.17, 15) is 9.59 Å². The highest BCUT2D eigenvalue weighted by Gasteiger charge is 2.27. The van der Waals surface area contributed by atoms with Crippen LogP contribution in [0.15, 0.2) is 59.7 Å². The van der Waals surface area contributed by atoms with Crippen LogP contribution in [0.2, 0.25) is 0 Å². The minimum atomic E-state index is -0.209. The maximum absolute atomic E-state index is 13.8. The molecule has 0 heterocycles. The Morgan fingerprint density at radius 3 is 2.21 bits per heavy atom. The fourth-order valence-electron chi connectivity index (χ4n) is 6.21. The van der Waals surface area contributed by atoms with Crippen LogP contribution in [-0.4, -0.2) is 49.7 Å². The molecule has 0 aromatic heterocycles. The van der Waals surface area contributed by atoms with Crippen LogP contribution in [0, 0.1) is 12.8 Å². The number of anilines is 1. The highest BCUT2D eigenvalue weighted by Crippen LogP contribution is 2.35. The Morgan fingerprint density at radius 1 is 0.923 bits per heavy atom. The van der Waals surface area contributed by atoms with Gasteiger partial charge in [-0.25, -0.2) is 0 Å². The number of carbonyl (C=O) groups excluding carboxylic acids is 2. The number of benzene rings is 2. The van der Waals surface area contributed by atoms with E-state index < -0.39 is 0 Å². The van der Waals surface area contributed by atoms with Gasteiger partial charge in [-0.3, -0.25) is 9.59 Å². The molecule has 1 fully saturated rings. The maximum atomic E-state index is 13.8. The summed E-state index contributed by atoms with van der Waals surface area (Å²) in [6, 6.07) is 13.7. The number of carbonyl (C=O) groups is 2. The van der Waals surface area contributed by atoms with Crippen molar-refractivity contribution in [2.45, 2.75) is 77.9 Å². The third-order valence-electron chi connectivity index (χ3n) is 8.51. The first-order chi connectivity index (χ1) is 18.5. The van der Waals surface area contributed by atoms with Gasteiger partial charge in [-0.1, -0.05) is 35.9 Å². The molecule has 0 saturated heterocycles. The molecular weight excluding hydrogens is 482 g/mol. The van der Waals surface area contributed by atoms with Crippen LogP contribution in [0.4, 0.5) is 5.69 Å². The first-order valence-corrected chi connectivity index (χ1v) is 14.3. The number of rotatable bonds is 9. The number of nitrogens with zero attached hydrogens (tertiary/aromatic N) is 2. The SMILES string of the molecule is CC1=CC(=O)C(CCC(=O)c2cc(-c3ccc(CN(C)C)cc3)cc(N(C)C3CCC(N)CC3)c2C)C(C)=C1. The van der Waals surface area contributed by atoms with Crippen LogP contribution in [0.25, 0.3) is 11.1 Å². The lowest BCUT2D eigenvalue weighted by molar-refractivity contribution is -0.117. The number of Topliss-reactive ketones (excluding diaryl/α,β-unsaturated/α-hetero) is 1. The van der Waals surface area contributed by atoms with E-state index in [-0.39, 0.29) is 17.5 Å². The van der Waals surface area contributed by atoms with Gasteiger partial charge in [-0.2, -0.15) is 0 Å². The number of nitrogens with two attached hydrogens (primary N) is 1. The Morgan fingerprint density at radius 2 is 1.59 bits per heavy atom. The van der Waals surface area contributed by atoms with Crippen molar-refractivity contribution < 1.29 is 9.59 Å². The van der Waals surface area contributed by atoms with E-state index in [1.807, 2.05) is 13.8 Å². The molecule has 4 rings (SSSR count). The zero-order valence-electron chi connectivity index (χ0n) is 24.6. The van der Waals surface area contributed by atoms with E-state index in [0.717, 1.165) is 71.3 Å². The fraction of sp³-hybridized carbons (Fsp3) is 0.471. The van der Waals surface area contributed by atoms with Gasteiger partial charge in [0.15, 0.2) is 11.6 Å². The average molecular weight is 528 g/mol. The van der Waals surface area contributed by atoms with Gasteiger partial charge >= 0.3 is 0 Å². The van der Waals surface area contributed by atoms with Crippen molar-refractivity contribution in [2.24, 2.45) is 11.7 Å². The quantitative estimate of drug-likeness (QED) is 0.378. The third kappa shape index (κ3) is 6.95. The predicted octanol–water partition coefficient (Wildman–Crippen LogP) is 6.48. The first-order valence-electron chi connectivity index (χ1n) is 14.3. The lowest BCUT2D eigenvalue weighted by Crippen LogP contribution is -2.39. The van der Waals surface area contributed by atoms with Gasteiger partial charge in [0.05, 0.1) is 0 Å². The van der Waals surface area contributed by atoms with Crippen LogP contribution < -0.4 is 10.6 Å². The summed E-state index contributed by atoms with van der Waals surface area (Å²) in [5.41, 5.74) is 14.5. The first kappa shape index (κ1) is 29.0. The second kappa shape index (κ2) is 12.4. The zero-order chi connectivity index (χ0) is 28.3. The van der Waals surface area contributed by atoms with Crippen molar-refractivity contribution in [1.29, 1.82) is 0 Å². The lowest BCUT2D eigenvalue weighted by Gasteiger charge is -2.36. The summed E-state index contributed by atoms with van der Waals surface area (Å²) in [6.07, 6.45) is 8.84. The molecule has 1 atom stereocenters. The molecule has 1 unspecified atom stereocenters. The number of hydrogen-bond donors (Lipinski definition) is 1. The van der Waals surface area contributed by atoms with Gasteiger partial charge in [0, 0.05) is 49.3 Å². The highest BCUT2D eigenvalue weighted by atomic mass is 16.1. The Hall–Kier alpha value is -3.02. The Labute approximate surface area is 234 Å². The zero-order valence-corrected chi connectivity index (χ0v) is 24.6. The van der Waals surface area contributed by atoms with Gasteiger partial charge in [0.1, 0.15) is 0 Å². The maximum Gasteiger partial charge on any atom is 0.163 e. The van der Waals surface area contributed by atoms with Crippen LogP contribution in [0.3, 0.4) is 0 Å². The monoisotopic (exact) mass is 527 g/mol. The molecule has 2 aromatic rings. The van der Waals surface area contributed by atoms with Crippen LogP contribution in [0.5, 0.6) is 0 Å². The molecule has 2 aliphatic rings. The molecule has 5 heteroatoms. The van der Waals surface area contributed by atoms with E-state index in [4.69, 9.17) is 5.73 Å². The molecule has 39 heavy (non-hydrogen) atoms. The molecule has 2 aliphatic carbocycles. The van der Waals surface area contributed by atoms with Gasteiger partial charge in [-0.05, 0) is 113 Å². The van der Waals surface area contributed by atoms with Crippen molar-refractivity contribution in [3.63, 3.8) is 0 Å². The smallest absolute Gasteiger partial charge is 0.163 e. The predicted molar refractivity (Wildman–Crippen MR) is 162 cm³/mol. The molecule has 0 amide bonds. The molecular formula is C34H45N3O2. The molecule has 5 nitrogen and oxygen atoms in total. The van der Waals surface area contributed by atoms with Gasteiger partial charge in [0.25, 0.3) is 0 Å². The van der Waals surface area contributed by atoms with Crippen molar-refractivity contribution in [3.8, 4) is 11.1 Å². The van der Waals surface area contributed by atoms with Crippen LogP contribution in [-0.2, 0) is 11.3 Å². The normalized spacial score (nSPS) is 21.5. The van der Waals surface area contributed by atoms with Crippen molar-refractivity contribution in [3.05, 3.63) is 76.4 Å². The second-order valence-electron chi connectivity index (χ2n) is 12.0. The minimum Gasteiger partial charge on any atom is -0.371 e. The van der Waals surface area contributed by atoms with Gasteiger partial charge in [0.2, 0.25) is 0 Å². The van der Waals surface area contributed by atoms with Gasteiger partial charge < -0.3 is 15.5 Å². The summed E-state index contributed by atoms with van der Waals surface area (Å²) in [5, 5.41) is 0. The van der Waals surface area contributed by atoms with Crippen molar-refractivity contribution in [1.82, 2.24) is 4.90 Å². The van der Waals surface area contributed by atoms with Crippen LogP contribution >= 0.6 is 0 Å². The lowest BCUT2D eigenvalue weighted by atomic mass is 9.83. The van der Waals surface area contributed by atoms with Crippen LogP contribution in [0.1, 0.15) is 73.9 Å². The van der Waals surface area contributed by atoms with Crippen molar-refractivity contribution >= 4 is 17.3 Å². The van der Waals surface area contributed by atoms with Crippen molar-refractivity contribution in [2.75, 3.05) is 26.0 Å². The number of allylic oxidation sites excluding steroid dienone is 4. The summed E-state index contributed by atoms with van der Waals surface area (Å²) in [7, 11) is 6.30. The Balaban J connectivity index is 1.65. The second-order valence-corrected chi connectivity index (χ2v) is 12.0. The summed E-state index contributed by atoms with van der Waals surface area (Å²) in [6.45, 7) is 6.90. The van der Waals surface area contributed by atoms with E-state index in [1.54, 1.807) is 6.08 Å². The topological polar surface area (TPSA) is 66.6 Å².